The van der Waals surface area contributed by atoms with Gasteiger partial charge in [0.1, 0.15) is 0 Å². The van der Waals surface area contributed by atoms with Crippen LogP contribution in [0.5, 0.6) is 0 Å². The van der Waals surface area contributed by atoms with Gasteiger partial charge in [0, 0.05) is 22.7 Å². The van der Waals surface area contributed by atoms with Crippen molar-refractivity contribution in [1.29, 1.82) is 0 Å². The zero-order valence-electron chi connectivity index (χ0n) is 9.96. The van der Waals surface area contributed by atoms with Crippen LogP contribution in [0.3, 0.4) is 0 Å². The van der Waals surface area contributed by atoms with Crippen LogP contribution in [0.25, 0.3) is 0 Å². The minimum atomic E-state index is 0.336. The second-order valence-corrected chi connectivity index (χ2v) is 6.70. The molecule has 4 heteroatoms. The minimum Gasteiger partial charge on any atom is -0.315 e. The van der Waals surface area contributed by atoms with E-state index in [0.717, 1.165) is 19.5 Å². The molecule has 0 aliphatic carbocycles. The van der Waals surface area contributed by atoms with Gasteiger partial charge in [-0.3, -0.25) is 0 Å². The van der Waals surface area contributed by atoms with Crippen molar-refractivity contribution in [2.75, 3.05) is 19.3 Å². The molecule has 0 atom stereocenters. The summed E-state index contributed by atoms with van der Waals surface area (Å²) in [5, 5.41) is 3.50. The van der Waals surface area contributed by atoms with Crippen molar-refractivity contribution < 1.29 is 0 Å². The monoisotopic (exact) mass is 244 g/mol. The van der Waals surface area contributed by atoms with Gasteiger partial charge in [-0.05, 0) is 33.4 Å². The molecule has 1 aromatic heterocycles. The Labute approximate surface area is 101 Å². The van der Waals surface area contributed by atoms with E-state index in [1.54, 1.807) is 11.3 Å². The SMILES string of the molecule is CSC(C)(C)CNCCc1scnc1C. The summed E-state index contributed by atoms with van der Waals surface area (Å²) in [4.78, 5) is 5.65. The fourth-order valence-corrected chi connectivity index (χ4v) is 2.26. The molecule has 1 rings (SSSR count). The molecule has 0 fully saturated rings. The lowest BCUT2D eigenvalue weighted by Gasteiger charge is -2.22. The second kappa shape index (κ2) is 5.87. The van der Waals surface area contributed by atoms with E-state index in [1.807, 2.05) is 17.3 Å². The van der Waals surface area contributed by atoms with Gasteiger partial charge < -0.3 is 5.32 Å². The average molecular weight is 244 g/mol. The summed E-state index contributed by atoms with van der Waals surface area (Å²) < 4.78 is 0.336. The van der Waals surface area contributed by atoms with Gasteiger partial charge in [0.05, 0.1) is 11.2 Å². The standard InChI is InChI=1S/C11H20N2S2/c1-9-10(15-8-13-9)5-6-12-7-11(2,3)14-4/h8,12H,5-7H2,1-4H3. The van der Waals surface area contributed by atoms with E-state index < -0.39 is 0 Å². The zero-order valence-corrected chi connectivity index (χ0v) is 11.6. The predicted octanol–water partition coefficient (Wildman–Crippen LogP) is 2.73. The van der Waals surface area contributed by atoms with Crippen LogP contribution in [-0.2, 0) is 6.42 Å². The molecule has 1 aromatic rings. The number of aromatic nitrogens is 1. The van der Waals surface area contributed by atoms with Crippen LogP contribution in [0.15, 0.2) is 5.51 Å². The molecule has 0 aliphatic rings. The van der Waals surface area contributed by atoms with Crippen molar-refractivity contribution in [3.05, 3.63) is 16.1 Å². The van der Waals surface area contributed by atoms with Crippen LogP contribution in [0, 0.1) is 6.92 Å². The van der Waals surface area contributed by atoms with E-state index >= 15 is 0 Å². The second-order valence-electron chi connectivity index (χ2n) is 4.25. The molecular weight excluding hydrogens is 224 g/mol. The number of hydrogen-bond donors (Lipinski definition) is 1. The van der Waals surface area contributed by atoms with Gasteiger partial charge >= 0.3 is 0 Å². The quantitative estimate of drug-likeness (QED) is 0.779. The Morgan fingerprint density at radius 2 is 2.27 bits per heavy atom. The van der Waals surface area contributed by atoms with Crippen LogP contribution in [0.4, 0.5) is 0 Å². The number of thioether (sulfide) groups is 1. The first-order valence-corrected chi connectivity index (χ1v) is 7.30. The van der Waals surface area contributed by atoms with Crippen molar-refractivity contribution >= 4 is 23.1 Å². The Morgan fingerprint density at radius 3 is 2.80 bits per heavy atom. The van der Waals surface area contributed by atoms with E-state index in [0.29, 0.717) is 4.75 Å². The number of aryl methyl sites for hydroxylation is 1. The summed E-state index contributed by atoms with van der Waals surface area (Å²) in [6.45, 7) is 8.72. The Balaban J connectivity index is 2.20. The lowest BCUT2D eigenvalue weighted by atomic mass is 10.2. The molecule has 0 radical (unpaired) electrons. The molecule has 0 amide bonds. The van der Waals surface area contributed by atoms with Gasteiger partial charge in [-0.2, -0.15) is 11.8 Å². The van der Waals surface area contributed by atoms with Gasteiger partial charge in [0.15, 0.2) is 0 Å². The first-order chi connectivity index (χ1) is 7.05. The molecule has 2 nitrogen and oxygen atoms in total. The van der Waals surface area contributed by atoms with Crippen LogP contribution in [-0.4, -0.2) is 29.1 Å². The van der Waals surface area contributed by atoms with E-state index in [-0.39, 0.29) is 0 Å². The van der Waals surface area contributed by atoms with Crippen LogP contribution in [0.1, 0.15) is 24.4 Å². The number of rotatable bonds is 6. The summed E-state index contributed by atoms with van der Waals surface area (Å²) in [6, 6.07) is 0. The number of nitrogens with zero attached hydrogens (tertiary/aromatic N) is 1. The fourth-order valence-electron chi connectivity index (χ4n) is 1.23. The van der Waals surface area contributed by atoms with Crippen molar-refractivity contribution in [3.8, 4) is 0 Å². The lowest BCUT2D eigenvalue weighted by molar-refractivity contribution is 0.593. The molecule has 0 bridgehead atoms. The third-order valence-electron chi connectivity index (χ3n) is 2.48. The van der Waals surface area contributed by atoms with Gasteiger partial charge in [-0.25, -0.2) is 4.98 Å². The number of thiazole rings is 1. The third-order valence-corrected chi connectivity index (χ3v) is 4.72. The highest BCUT2D eigenvalue weighted by Crippen LogP contribution is 2.19. The zero-order chi connectivity index (χ0) is 11.3. The van der Waals surface area contributed by atoms with Crippen molar-refractivity contribution in [2.24, 2.45) is 0 Å². The van der Waals surface area contributed by atoms with E-state index in [9.17, 15) is 0 Å². The normalized spacial score (nSPS) is 12.0. The van der Waals surface area contributed by atoms with Crippen LogP contribution in [0.2, 0.25) is 0 Å². The molecule has 1 heterocycles. The Morgan fingerprint density at radius 1 is 1.53 bits per heavy atom. The first-order valence-electron chi connectivity index (χ1n) is 5.20. The summed E-state index contributed by atoms with van der Waals surface area (Å²) in [5.41, 5.74) is 3.11. The van der Waals surface area contributed by atoms with Crippen LogP contribution >= 0.6 is 23.1 Å². The largest absolute Gasteiger partial charge is 0.315 e. The molecule has 0 saturated heterocycles. The highest BCUT2D eigenvalue weighted by atomic mass is 32.2. The van der Waals surface area contributed by atoms with Crippen LogP contribution < -0.4 is 5.32 Å². The predicted molar refractivity (Wildman–Crippen MR) is 71.0 cm³/mol. The van der Waals surface area contributed by atoms with Gasteiger partial charge in [0.25, 0.3) is 0 Å². The average Bonchev–Trinajstić information content (AvgIpc) is 2.59. The third kappa shape index (κ3) is 4.53. The van der Waals surface area contributed by atoms with Gasteiger partial charge in [0.2, 0.25) is 0 Å². The maximum Gasteiger partial charge on any atom is 0.0797 e. The van der Waals surface area contributed by atoms with E-state index in [4.69, 9.17) is 0 Å². The Kier molecular flexibility index (Phi) is 5.09. The molecule has 0 unspecified atom stereocenters. The highest BCUT2D eigenvalue weighted by Gasteiger charge is 2.14. The molecule has 0 aliphatic heterocycles. The first kappa shape index (κ1) is 13.0. The molecule has 1 N–H and O–H groups in total. The molecule has 0 saturated carbocycles. The minimum absolute atomic E-state index is 0.336. The Bertz CT molecular complexity index is 295. The van der Waals surface area contributed by atoms with Gasteiger partial charge in [-0.15, -0.1) is 11.3 Å². The summed E-state index contributed by atoms with van der Waals surface area (Å²) in [5.74, 6) is 0. The summed E-state index contributed by atoms with van der Waals surface area (Å²) >= 11 is 3.66. The maximum atomic E-state index is 4.25. The molecule has 0 aromatic carbocycles. The van der Waals surface area contributed by atoms with E-state index in [1.165, 1.54) is 10.6 Å². The van der Waals surface area contributed by atoms with Gasteiger partial charge in [-0.1, -0.05) is 0 Å². The van der Waals surface area contributed by atoms with Crippen molar-refractivity contribution in [1.82, 2.24) is 10.3 Å². The number of nitrogens with one attached hydrogen (secondary N) is 1. The molecular formula is C11H20N2S2. The van der Waals surface area contributed by atoms with E-state index in [2.05, 4.69) is 37.3 Å². The molecule has 0 spiro atoms. The maximum absolute atomic E-state index is 4.25. The summed E-state index contributed by atoms with van der Waals surface area (Å²) in [7, 11) is 0. The number of hydrogen-bond acceptors (Lipinski definition) is 4. The van der Waals surface area contributed by atoms with Crippen molar-refractivity contribution in [3.63, 3.8) is 0 Å². The fraction of sp³-hybridized carbons (Fsp3) is 0.727. The van der Waals surface area contributed by atoms with Crippen molar-refractivity contribution in [2.45, 2.75) is 31.9 Å². The highest BCUT2D eigenvalue weighted by molar-refractivity contribution is 7.99. The molecule has 86 valence electrons. The Hall–Kier alpha value is -0.0600. The molecule has 15 heavy (non-hydrogen) atoms. The smallest absolute Gasteiger partial charge is 0.0797 e. The summed E-state index contributed by atoms with van der Waals surface area (Å²) in [6.07, 6.45) is 3.26. The topological polar surface area (TPSA) is 24.9 Å². The lowest BCUT2D eigenvalue weighted by Crippen LogP contribution is -2.33.